The number of amides is 1. The molecule has 0 saturated carbocycles. The van der Waals surface area contributed by atoms with Crippen molar-refractivity contribution in [2.24, 2.45) is 0 Å². The molecular weight excluding hydrogens is 334 g/mol. The predicted molar refractivity (Wildman–Crippen MR) is 84.4 cm³/mol. The third-order valence-corrected chi connectivity index (χ3v) is 3.48. The molecule has 0 aliphatic carbocycles. The number of ether oxygens (including phenoxy) is 1. The van der Waals surface area contributed by atoms with Crippen LogP contribution in [0.2, 0.25) is 0 Å². The second-order valence-corrected chi connectivity index (χ2v) is 5.88. The van der Waals surface area contributed by atoms with Crippen LogP contribution in [0.5, 0.6) is 0 Å². The maximum absolute atomic E-state index is 13.7. The highest BCUT2D eigenvalue weighted by atomic mass is 19.1. The van der Waals surface area contributed by atoms with E-state index in [0.717, 1.165) is 12.1 Å². The van der Waals surface area contributed by atoms with E-state index in [0.29, 0.717) is 0 Å². The minimum atomic E-state index is -1.16. The topological polar surface area (TPSA) is 81.4 Å². The van der Waals surface area contributed by atoms with E-state index >= 15 is 0 Å². The summed E-state index contributed by atoms with van der Waals surface area (Å²) in [5.41, 5.74) is -1.47. The fourth-order valence-corrected chi connectivity index (χ4v) is 2.21. The van der Waals surface area contributed by atoms with E-state index < -0.39 is 29.0 Å². The first-order chi connectivity index (χ1) is 11.7. The number of rotatable bonds is 6. The quantitative estimate of drug-likeness (QED) is 0.808. The van der Waals surface area contributed by atoms with Gasteiger partial charge < -0.3 is 14.5 Å². The van der Waals surface area contributed by atoms with Gasteiger partial charge in [-0.15, -0.1) is 0 Å². The highest BCUT2D eigenvalue weighted by molar-refractivity contribution is 5.87. The Morgan fingerprint density at radius 1 is 1.28 bits per heavy atom. The largest absolute Gasteiger partial charge is 0.467 e. The van der Waals surface area contributed by atoms with Gasteiger partial charge in [-0.1, -0.05) is 6.07 Å². The van der Waals surface area contributed by atoms with Gasteiger partial charge in [0.25, 0.3) is 0 Å². The van der Waals surface area contributed by atoms with Crippen molar-refractivity contribution < 1.29 is 27.5 Å². The molecule has 0 saturated heterocycles. The zero-order valence-corrected chi connectivity index (χ0v) is 14.1. The molecule has 1 aromatic carbocycles. The molecule has 2 aromatic rings. The molecule has 0 aliphatic heterocycles. The van der Waals surface area contributed by atoms with Gasteiger partial charge in [-0.2, -0.15) is 0 Å². The van der Waals surface area contributed by atoms with E-state index in [4.69, 9.17) is 4.42 Å². The third kappa shape index (κ3) is 4.40. The number of carbonyl (C=O) groups is 2. The van der Waals surface area contributed by atoms with Crippen molar-refractivity contribution in [2.45, 2.75) is 32.2 Å². The lowest BCUT2D eigenvalue weighted by Crippen LogP contribution is -2.50. The van der Waals surface area contributed by atoms with Crippen molar-refractivity contribution in [3.63, 3.8) is 0 Å². The van der Waals surface area contributed by atoms with Crippen LogP contribution in [-0.4, -0.2) is 29.5 Å². The zero-order chi connectivity index (χ0) is 18.6. The molecule has 2 rings (SSSR count). The number of nitrogens with one attached hydrogen (secondary N) is 1. The summed E-state index contributed by atoms with van der Waals surface area (Å²) in [4.78, 5) is 27.4. The Morgan fingerprint density at radius 2 is 1.92 bits per heavy atom. The first kappa shape index (κ1) is 18.6. The highest BCUT2D eigenvalue weighted by Crippen LogP contribution is 2.26. The maximum atomic E-state index is 13.7. The van der Waals surface area contributed by atoms with Crippen molar-refractivity contribution in [1.82, 2.24) is 10.3 Å². The number of hydrogen-bond acceptors (Lipinski definition) is 5. The lowest BCUT2D eigenvalue weighted by atomic mass is 10.1. The maximum Gasteiger partial charge on any atom is 0.330 e. The van der Waals surface area contributed by atoms with Gasteiger partial charge >= 0.3 is 5.97 Å². The van der Waals surface area contributed by atoms with Crippen molar-refractivity contribution in [2.75, 3.05) is 7.11 Å². The summed E-state index contributed by atoms with van der Waals surface area (Å²) in [6.45, 7) is 3.03. The second kappa shape index (κ2) is 7.42. The summed E-state index contributed by atoms with van der Waals surface area (Å²) < 4.78 is 37.4. The normalized spacial score (nSPS) is 11.2. The smallest absolute Gasteiger partial charge is 0.330 e. The SMILES string of the molecule is COC(=O)C(C)(C)NC(=O)CCc1ncc(-c2c(F)cccc2F)o1. The van der Waals surface area contributed by atoms with E-state index in [1.807, 2.05) is 0 Å². The van der Waals surface area contributed by atoms with Gasteiger partial charge in [0.05, 0.1) is 18.9 Å². The fraction of sp³-hybridized carbons (Fsp3) is 0.353. The Morgan fingerprint density at radius 3 is 2.52 bits per heavy atom. The molecular formula is C17H18F2N2O4. The van der Waals surface area contributed by atoms with Gasteiger partial charge in [0.1, 0.15) is 17.2 Å². The van der Waals surface area contributed by atoms with Crippen molar-refractivity contribution in [3.8, 4) is 11.3 Å². The molecule has 1 aromatic heterocycles. The van der Waals surface area contributed by atoms with E-state index in [1.54, 1.807) is 0 Å². The number of aromatic nitrogens is 1. The number of hydrogen-bond donors (Lipinski definition) is 1. The summed E-state index contributed by atoms with van der Waals surface area (Å²) in [7, 11) is 1.23. The predicted octanol–water partition coefficient (Wildman–Crippen LogP) is 2.62. The molecule has 0 aliphatic rings. The number of aryl methyl sites for hydroxylation is 1. The van der Waals surface area contributed by atoms with E-state index in [2.05, 4.69) is 15.0 Å². The van der Waals surface area contributed by atoms with Crippen LogP contribution in [0.15, 0.2) is 28.8 Å². The Labute approximate surface area is 143 Å². The first-order valence-electron chi connectivity index (χ1n) is 7.53. The van der Waals surface area contributed by atoms with Gasteiger partial charge in [0.2, 0.25) is 5.91 Å². The summed E-state index contributed by atoms with van der Waals surface area (Å²) >= 11 is 0. The molecule has 134 valence electrons. The van der Waals surface area contributed by atoms with Crippen molar-refractivity contribution in [1.29, 1.82) is 0 Å². The van der Waals surface area contributed by atoms with Gasteiger partial charge in [0, 0.05) is 12.8 Å². The first-order valence-corrected chi connectivity index (χ1v) is 7.53. The van der Waals surface area contributed by atoms with Crippen molar-refractivity contribution >= 4 is 11.9 Å². The highest BCUT2D eigenvalue weighted by Gasteiger charge is 2.30. The van der Waals surface area contributed by atoms with Gasteiger partial charge in [0.15, 0.2) is 11.7 Å². The molecule has 6 nitrogen and oxygen atoms in total. The van der Waals surface area contributed by atoms with Crippen LogP contribution in [0.3, 0.4) is 0 Å². The summed E-state index contributed by atoms with van der Waals surface area (Å²) in [5.74, 6) is -2.41. The van der Waals surface area contributed by atoms with E-state index in [9.17, 15) is 18.4 Å². The lowest BCUT2D eigenvalue weighted by molar-refractivity contribution is -0.149. The van der Waals surface area contributed by atoms with Gasteiger partial charge in [-0.25, -0.2) is 18.6 Å². The molecule has 1 amide bonds. The number of nitrogens with zero attached hydrogens (tertiary/aromatic N) is 1. The standard InChI is InChI=1S/C17H18F2N2O4/c1-17(2,16(23)24-3)21-13(22)7-8-14-20-9-12(25-14)15-10(18)5-4-6-11(15)19/h4-6,9H,7-8H2,1-3H3,(H,21,22). The van der Waals surface area contributed by atoms with Crippen LogP contribution < -0.4 is 5.32 Å². The molecule has 1 heterocycles. The molecule has 0 bridgehead atoms. The van der Waals surface area contributed by atoms with Gasteiger partial charge in [-0.05, 0) is 26.0 Å². The van der Waals surface area contributed by atoms with Crippen LogP contribution in [0.4, 0.5) is 8.78 Å². The van der Waals surface area contributed by atoms with Crippen molar-refractivity contribution in [3.05, 3.63) is 41.9 Å². The number of esters is 1. The number of oxazole rings is 1. The molecule has 0 radical (unpaired) electrons. The minimum absolute atomic E-state index is 0.0138. The molecule has 0 unspecified atom stereocenters. The average Bonchev–Trinajstić information content (AvgIpc) is 3.00. The van der Waals surface area contributed by atoms with Crippen LogP contribution in [0.25, 0.3) is 11.3 Å². The molecule has 1 N–H and O–H groups in total. The zero-order valence-electron chi connectivity index (χ0n) is 14.1. The van der Waals surface area contributed by atoms with Crippen LogP contribution in [0.1, 0.15) is 26.2 Å². The Hall–Kier alpha value is -2.77. The van der Waals surface area contributed by atoms with Gasteiger partial charge in [-0.3, -0.25) is 4.79 Å². The Balaban J connectivity index is 2.00. The monoisotopic (exact) mass is 352 g/mol. The third-order valence-electron chi connectivity index (χ3n) is 3.48. The second-order valence-electron chi connectivity index (χ2n) is 5.88. The Kier molecular flexibility index (Phi) is 5.51. The molecule has 0 spiro atoms. The number of carbonyl (C=O) groups excluding carboxylic acids is 2. The molecule has 0 fully saturated rings. The van der Waals surface area contributed by atoms with Crippen LogP contribution in [0, 0.1) is 11.6 Å². The number of benzene rings is 1. The number of halogens is 2. The number of methoxy groups -OCH3 is 1. The summed E-state index contributed by atoms with van der Waals surface area (Å²) in [6, 6.07) is 3.48. The lowest BCUT2D eigenvalue weighted by Gasteiger charge is -2.22. The minimum Gasteiger partial charge on any atom is -0.467 e. The molecule has 8 heteroatoms. The average molecular weight is 352 g/mol. The fourth-order valence-electron chi connectivity index (χ4n) is 2.21. The van der Waals surface area contributed by atoms with E-state index in [1.165, 1.54) is 33.2 Å². The van der Waals surface area contributed by atoms with Crippen LogP contribution >= 0.6 is 0 Å². The summed E-state index contributed by atoms with van der Waals surface area (Å²) in [6.07, 6.45) is 1.30. The molecule has 0 atom stereocenters. The van der Waals surface area contributed by atoms with E-state index in [-0.39, 0.29) is 30.1 Å². The van der Waals surface area contributed by atoms with Crippen LogP contribution in [-0.2, 0) is 20.7 Å². The Bertz CT molecular complexity index is 766. The summed E-state index contributed by atoms with van der Waals surface area (Å²) in [5, 5.41) is 2.53. The molecule has 25 heavy (non-hydrogen) atoms.